The zero-order valence-corrected chi connectivity index (χ0v) is 12.9. The van der Waals surface area contributed by atoms with Gasteiger partial charge in [-0.1, -0.05) is 28.1 Å². The van der Waals surface area contributed by atoms with Gasteiger partial charge in [-0.3, -0.25) is 19.3 Å². The molecule has 0 saturated carbocycles. The zero-order valence-electron chi connectivity index (χ0n) is 11.3. The molecule has 1 aliphatic rings. The number of fused-ring (bicyclic) bond motifs is 1. The van der Waals surface area contributed by atoms with Crippen molar-refractivity contribution < 1.29 is 24.2 Å². The zero-order chi connectivity index (χ0) is 15.6. The number of carboxylic acid groups (broad SMARTS) is 1. The Morgan fingerprint density at radius 3 is 2.24 bits per heavy atom. The van der Waals surface area contributed by atoms with Crippen LogP contribution in [0.1, 0.15) is 27.1 Å². The van der Waals surface area contributed by atoms with E-state index in [1.807, 2.05) is 0 Å². The van der Waals surface area contributed by atoms with E-state index in [4.69, 9.17) is 9.84 Å². The van der Waals surface area contributed by atoms with Gasteiger partial charge in [0, 0.05) is 13.7 Å². The van der Waals surface area contributed by atoms with E-state index in [0.717, 1.165) is 4.90 Å². The van der Waals surface area contributed by atoms with E-state index in [1.165, 1.54) is 7.11 Å². The quantitative estimate of drug-likeness (QED) is 0.618. The van der Waals surface area contributed by atoms with Gasteiger partial charge in [0.25, 0.3) is 11.8 Å². The Hall–Kier alpha value is -1.73. The number of hydrogen-bond acceptors (Lipinski definition) is 4. The highest BCUT2D eigenvalue weighted by atomic mass is 79.9. The normalized spacial score (nSPS) is 16.8. The van der Waals surface area contributed by atoms with E-state index in [1.54, 1.807) is 24.3 Å². The Balaban J connectivity index is 2.07. The summed E-state index contributed by atoms with van der Waals surface area (Å²) in [6, 6.07) is 6.61. The third-order valence-electron chi connectivity index (χ3n) is 3.38. The van der Waals surface area contributed by atoms with E-state index in [9.17, 15) is 14.4 Å². The monoisotopic (exact) mass is 355 g/mol. The molecule has 7 heteroatoms. The summed E-state index contributed by atoms with van der Waals surface area (Å²) in [6.45, 7) is 0.111. The van der Waals surface area contributed by atoms with Crippen molar-refractivity contribution >= 4 is 33.7 Å². The number of ether oxygens (including phenoxy) is 1. The second kappa shape index (κ2) is 6.36. The van der Waals surface area contributed by atoms with Gasteiger partial charge in [0.1, 0.15) is 4.83 Å². The number of alkyl halides is 1. The Morgan fingerprint density at radius 1 is 1.29 bits per heavy atom. The van der Waals surface area contributed by atoms with E-state index in [0.29, 0.717) is 11.1 Å². The molecule has 112 valence electrons. The van der Waals surface area contributed by atoms with Gasteiger partial charge in [-0.05, 0) is 18.6 Å². The molecule has 2 amide bonds. The second-order valence-corrected chi connectivity index (χ2v) is 5.60. The summed E-state index contributed by atoms with van der Waals surface area (Å²) in [5, 5.41) is 8.95. The summed E-state index contributed by atoms with van der Waals surface area (Å²) >= 11 is 3.02. The number of benzene rings is 1. The molecule has 0 aliphatic carbocycles. The van der Waals surface area contributed by atoms with Gasteiger partial charge in [0.2, 0.25) is 0 Å². The van der Waals surface area contributed by atoms with Crippen molar-refractivity contribution in [1.29, 1.82) is 0 Å². The molecular weight excluding hydrogens is 342 g/mol. The predicted octanol–water partition coefficient (Wildman–Crippen LogP) is 1.54. The van der Waals surface area contributed by atoms with Crippen molar-refractivity contribution in [2.45, 2.75) is 17.4 Å². The first-order valence-corrected chi connectivity index (χ1v) is 7.23. The summed E-state index contributed by atoms with van der Waals surface area (Å²) in [7, 11) is 1.39. The fourth-order valence-corrected chi connectivity index (χ4v) is 2.72. The smallest absolute Gasteiger partial charge is 0.319 e. The number of imide groups is 1. The summed E-state index contributed by atoms with van der Waals surface area (Å²) in [5.41, 5.74) is 0.759. The van der Waals surface area contributed by atoms with Gasteiger partial charge in [0.15, 0.2) is 0 Å². The fraction of sp³-hybridized carbons (Fsp3) is 0.357. The maximum atomic E-state index is 12.1. The number of carbonyl (C=O) groups is 3. The topological polar surface area (TPSA) is 83.9 Å². The third kappa shape index (κ3) is 2.98. The number of nitrogens with zero attached hydrogens (tertiary/aromatic N) is 1. The Morgan fingerprint density at radius 2 is 1.81 bits per heavy atom. The molecule has 2 unspecified atom stereocenters. The number of carboxylic acids is 1. The third-order valence-corrected chi connectivity index (χ3v) is 4.36. The van der Waals surface area contributed by atoms with Gasteiger partial charge in [-0.25, -0.2) is 0 Å². The molecular formula is C14H14BrNO5. The Labute approximate surface area is 129 Å². The van der Waals surface area contributed by atoms with E-state index in [2.05, 4.69) is 15.9 Å². The van der Waals surface area contributed by atoms with Crippen LogP contribution < -0.4 is 0 Å². The van der Waals surface area contributed by atoms with Crippen LogP contribution in [0.5, 0.6) is 0 Å². The van der Waals surface area contributed by atoms with Crippen molar-refractivity contribution in [2.75, 3.05) is 13.7 Å². The molecule has 1 aliphatic heterocycles. The van der Waals surface area contributed by atoms with Crippen LogP contribution in [0.25, 0.3) is 0 Å². The minimum Gasteiger partial charge on any atom is -0.480 e. The summed E-state index contributed by atoms with van der Waals surface area (Å²) in [5.74, 6) is -1.76. The molecule has 0 radical (unpaired) electrons. The van der Waals surface area contributed by atoms with Crippen molar-refractivity contribution in [3.63, 3.8) is 0 Å². The van der Waals surface area contributed by atoms with Crippen LogP contribution in [0.3, 0.4) is 0 Å². The van der Waals surface area contributed by atoms with E-state index >= 15 is 0 Å². The molecule has 0 aromatic heterocycles. The molecule has 6 nitrogen and oxygen atoms in total. The summed E-state index contributed by atoms with van der Waals surface area (Å²) < 4.78 is 5.10. The minimum absolute atomic E-state index is 0.111. The van der Waals surface area contributed by atoms with Crippen molar-refractivity contribution in [3.8, 4) is 0 Å². The molecule has 21 heavy (non-hydrogen) atoms. The molecule has 1 N–H and O–H groups in total. The van der Waals surface area contributed by atoms with Gasteiger partial charge < -0.3 is 9.84 Å². The van der Waals surface area contributed by atoms with Gasteiger partial charge in [-0.15, -0.1) is 0 Å². The SMILES string of the molecule is COC(CCN1C(=O)c2ccccc2C1=O)C(Br)C(=O)O. The van der Waals surface area contributed by atoms with Crippen LogP contribution in [0.4, 0.5) is 0 Å². The Kier molecular flexibility index (Phi) is 4.74. The standard InChI is InChI=1S/C14H14BrNO5/c1-21-10(11(15)14(19)20)6-7-16-12(17)8-4-2-3-5-9(8)13(16)18/h2-5,10-11H,6-7H2,1H3,(H,19,20). The molecule has 1 aromatic rings. The largest absolute Gasteiger partial charge is 0.480 e. The van der Waals surface area contributed by atoms with Crippen molar-refractivity contribution in [2.24, 2.45) is 0 Å². The van der Waals surface area contributed by atoms with Crippen molar-refractivity contribution in [3.05, 3.63) is 35.4 Å². The van der Waals surface area contributed by atoms with Crippen LogP contribution in [0.15, 0.2) is 24.3 Å². The molecule has 1 aromatic carbocycles. The molecule has 0 fully saturated rings. The first-order valence-electron chi connectivity index (χ1n) is 6.32. The number of methoxy groups -OCH3 is 1. The lowest BCUT2D eigenvalue weighted by atomic mass is 10.1. The predicted molar refractivity (Wildman–Crippen MR) is 77.6 cm³/mol. The first kappa shape index (κ1) is 15.7. The molecule has 1 heterocycles. The van der Waals surface area contributed by atoms with Gasteiger partial charge in [-0.2, -0.15) is 0 Å². The number of carbonyl (C=O) groups excluding carboxylic acids is 2. The second-order valence-electron chi connectivity index (χ2n) is 4.61. The van der Waals surface area contributed by atoms with Crippen LogP contribution in [-0.2, 0) is 9.53 Å². The number of rotatable bonds is 6. The highest BCUT2D eigenvalue weighted by Gasteiger charge is 2.36. The maximum absolute atomic E-state index is 12.1. The fourth-order valence-electron chi connectivity index (χ4n) is 2.24. The van der Waals surface area contributed by atoms with Crippen LogP contribution in [0.2, 0.25) is 0 Å². The molecule has 2 rings (SSSR count). The Bertz CT molecular complexity index is 553. The van der Waals surface area contributed by atoms with Crippen LogP contribution in [-0.4, -0.2) is 52.4 Å². The number of amides is 2. The van der Waals surface area contributed by atoms with Crippen molar-refractivity contribution in [1.82, 2.24) is 4.90 Å². The molecule has 2 atom stereocenters. The highest BCUT2D eigenvalue weighted by Crippen LogP contribution is 2.23. The lowest BCUT2D eigenvalue weighted by molar-refractivity contribution is -0.138. The maximum Gasteiger partial charge on any atom is 0.319 e. The minimum atomic E-state index is -1.05. The van der Waals surface area contributed by atoms with Gasteiger partial charge in [0.05, 0.1) is 17.2 Å². The molecule has 0 bridgehead atoms. The van der Waals surface area contributed by atoms with E-state index < -0.39 is 16.9 Å². The lowest BCUT2D eigenvalue weighted by Crippen LogP contribution is -2.37. The first-order chi connectivity index (χ1) is 9.97. The number of hydrogen-bond donors (Lipinski definition) is 1. The summed E-state index contributed by atoms with van der Waals surface area (Å²) in [4.78, 5) is 35.5. The number of aliphatic carboxylic acids is 1. The van der Waals surface area contributed by atoms with Gasteiger partial charge >= 0.3 is 5.97 Å². The highest BCUT2D eigenvalue weighted by molar-refractivity contribution is 9.10. The summed E-state index contributed by atoms with van der Waals surface area (Å²) in [6.07, 6.45) is -0.392. The molecule has 0 saturated heterocycles. The average molecular weight is 356 g/mol. The average Bonchev–Trinajstić information content (AvgIpc) is 2.72. The van der Waals surface area contributed by atoms with E-state index in [-0.39, 0.29) is 24.8 Å². The molecule has 0 spiro atoms. The lowest BCUT2D eigenvalue weighted by Gasteiger charge is -2.21. The van der Waals surface area contributed by atoms with Crippen LogP contribution >= 0.6 is 15.9 Å². The number of halogens is 1. The van der Waals surface area contributed by atoms with Crippen LogP contribution in [0, 0.1) is 0 Å².